The fourth-order valence-electron chi connectivity index (χ4n) is 2.98. The van der Waals surface area contributed by atoms with Crippen LogP contribution in [-0.4, -0.2) is 6.04 Å². The summed E-state index contributed by atoms with van der Waals surface area (Å²) >= 11 is 3.22. The zero-order valence-corrected chi connectivity index (χ0v) is 12.4. The molecule has 0 spiro atoms. The molecule has 3 heteroatoms. The van der Waals surface area contributed by atoms with E-state index in [-0.39, 0.29) is 11.9 Å². The highest BCUT2D eigenvalue weighted by Gasteiger charge is 2.27. The van der Waals surface area contributed by atoms with E-state index in [1.807, 2.05) is 12.1 Å². The fourth-order valence-corrected chi connectivity index (χ4v) is 3.40. The Balaban J connectivity index is 1.94. The van der Waals surface area contributed by atoms with Crippen LogP contribution in [0.1, 0.15) is 38.2 Å². The van der Waals surface area contributed by atoms with Crippen LogP contribution in [0.25, 0.3) is 0 Å². The molecule has 3 unspecified atom stereocenters. The molecule has 0 amide bonds. The van der Waals surface area contributed by atoms with E-state index < -0.39 is 0 Å². The number of halogens is 2. The molecule has 0 heterocycles. The summed E-state index contributed by atoms with van der Waals surface area (Å²) in [6, 6.07) is 5.41. The molecule has 0 bridgehead atoms. The standard InChI is InChI=1S/C15H21BrFN/c1-2-10-3-5-12(7-10)15(18)9-11-4-6-14(17)13(16)8-11/h4,6,8,10,12,15H,2-3,5,7,9,18H2,1H3. The molecule has 100 valence electrons. The highest BCUT2D eigenvalue weighted by molar-refractivity contribution is 9.10. The topological polar surface area (TPSA) is 26.0 Å². The van der Waals surface area contributed by atoms with Gasteiger partial charge in [-0.15, -0.1) is 0 Å². The van der Waals surface area contributed by atoms with Crippen LogP contribution < -0.4 is 5.73 Å². The molecule has 1 fully saturated rings. The van der Waals surface area contributed by atoms with Crippen molar-refractivity contribution in [1.82, 2.24) is 0 Å². The van der Waals surface area contributed by atoms with E-state index in [2.05, 4.69) is 22.9 Å². The normalized spacial score (nSPS) is 25.3. The Morgan fingerprint density at radius 1 is 1.44 bits per heavy atom. The Bertz CT molecular complexity index is 407. The lowest BCUT2D eigenvalue weighted by molar-refractivity contribution is 0.405. The quantitative estimate of drug-likeness (QED) is 0.882. The zero-order valence-electron chi connectivity index (χ0n) is 10.8. The van der Waals surface area contributed by atoms with Crippen molar-refractivity contribution in [3.63, 3.8) is 0 Å². The maximum absolute atomic E-state index is 13.2. The van der Waals surface area contributed by atoms with E-state index in [1.54, 1.807) is 0 Å². The molecular weight excluding hydrogens is 293 g/mol. The summed E-state index contributed by atoms with van der Waals surface area (Å²) < 4.78 is 13.7. The Kier molecular flexibility index (Phi) is 4.79. The summed E-state index contributed by atoms with van der Waals surface area (Å²) in [6.45, 7) is 2.26. The van der Waals surface area contributed by atoms with Crippen LogP contribution in [0.3, 0.4) is 0 Å². The number of benzene rings is 1. The van der Waals surface area contributed by atoms with Gasteiger partial charge >= 0.3 is 0 Å². The predicted molar refractivity (Wildman–Crippen MR) is 76.9 cm³/mol. The molecule has 0 aromatic heterocycles. The van der Waals surface area contributed by atoms with Crippen LogP contribution in [0, 0.1) is 17.7 Å². The third-order valence-electron chi connectivity index (χ3n) is 4.22. The molecule has 0 aliphatic heterocycles. The summed E-state index contributed by atoms with van der Waals surface area (Å²) in [6.07, 6.45) is 5.95. The molecule has 3 atom stereocenters. The Labute approximate surface area is 117 Å². The largest absolute Gasteiger partial charge is 0.327 e. The summed E-state index contributed by atoms with van der Waals surface area (Å²) in [4.78, 5) is 0. The molecule has 1 aromatic rings. The van der Waals surface area contributed by atoms with Gasteiger partial charge in [0.05, 0.1) is 4.47 Å². The second-order valence-electron chi connectivity index (χ2n) is 5.46. The van der Waals surface area contributed by atoms with Crippen molar-refractivity contribution in [2.75, 3.05) is 0 Å². The highest BCUT2D eigenvalue weighted by Crippen LogP contribution is 2.35. The van der Waals surface area contributed by atoms with Crippen molar-refractivity contribution in [2.45, 2.75) is 45.1 Å². The minimum atomic E-state index is -0.209. The van der Waals surface area contributed by atoms with Crippen LogP contribution in [0.15, 0.2) is 22.7 Å². The van der Waals surface area contributed by atoms with Gasteiger partial charge < -0.3 is 5.73 Å². The second kappa shape index (κ2) is 6.16. The third-order valence-corrected chi connectivity index (χ3v) is 4.83. The minimum absolute atomic E-state index is 0.207. The van der Waals surface area contributed by atoms with Crippen LogP contribution in [0.4, 0.5) is 4.39 Å². The van der Waals surface area contributed by atoms with Gasteiger partial charge in [0.25, 0.3) is 0 Å². The molecule has 0 saturated heterocycles. The molecule has 1 aliphatic carbocycles. The lowest BCUT2D eigenvalue weighted by Crippen LogP contribution is -2.30. The highest BCUT2D eigenvalue weighted by atomic mass is 79.9. The molecule has 1 aromatic carbocycles. The van der Waals surface area contributed by atoms with E-state index in [9.17, 15) is 4.39 Å². The van der Waals surface area contributed by atoms with Gasteiger partial charge in [0, 0.05) is 6.04 Å². The average Bonchev–Trinajstić information content (AvgIpc) is 2.82. The maximum Gasteiger partial charge on any atom is 0.137 e. The fraction of sp³-hybridized carbons (Fsp3) is 0.600. The lowest BCUT2D eigenvalue weighted by atomic mass is 9.92. The van der Waals surface area contributed by atoms with Gasteiger partial charge in [0.15, 0.2) is 0 Å². The Hall–Kier alpha value is -0.410. The average molecular weight is 314 g/mol. The molecule has 18 heavy (non-hydrogen) atoms. The number of hydrogen-bond donors (Lipinski definition) is 1. The zero-order chi connectivity index (χ0) is 13.1. The molecule has 1 aliphatic rings. The lowest BCUT2D eigenvalue weighted by Gasteiger charge is -2.19. The van der Waals surface area contributed by atoms with Crippen molar-refractivity contribution in [3.05, 3.63) is 34.1 Å². The molecule has 0 radical (unpaired) electrons. The Morgan fingerprint density at radius 2 is 2.22 bits per heavy atom. The first-order valence-electron chi connectivity index (χ1n) is 6.79. The molecule has 2 N–H and O–H groups in total. The van der Waals surface area contributed by atoms with E-state index in [4.69, 9.17) is 5.73 Å². The molecule has 2 rings (SSSR count). The van der Waals surface area contributed by atoms with Crippen LogP contribution in [-0.2, 0) is 6.42 Å². The van der Waals surface area contributed by atoms with Crippen molar-refractivity contribution < 1.29 is 4.39 Å². The summed E-state index contributed by atoms with van der Waals surface area (Å²) in [5, 5.41) is 0. The van der Waals surface area contributed by atoms with E-state index in [0.717, 1.165) is 17.9 Å². The summed E-state index contributed by atoms with van der Waals surface area (Å²) in [7, 11) is 0. The van der Waals surface area contributed by atoms with Gasteiger partial charge in [0.2, 0.25) is 0 Å². The first-order chi connectivity index (χ1) is 8.60. The van der Waals surface area contributed by atoms with Crippen LogP contribution in [0.2, 0.25) is 0 Å². The maximum atomic E-state index is 13.2. The third kappa shape index (κ3) is 3.33. The Morgan fingerprint density at radius 3 is 2.83 bits per heavy atom. The number of nitrogens with two attached hydrogens (primary N) is 1. The van der Waals surface area contributed by atoms with Crippen molar-refractivity contribution in [3.8, 4) is 0 Å². The van der Waals surface area contributed by atoms with Crippen LogP contribution >= 0.6 is 15.9 Å². The van der Waals surface area contributed by atoms with E-state index in [1.165, 1.54) is 31.7 Å². The van der Waals surface area contributed by atoms with Gasteiger partial charge in [-0.2, -0.15) is 0 Å². The monoisotopic (exact) mass is 313 g/mol. The number of rotatable bonds is 4. The van der Waals surface area contributed by atoms with Gasteiger partial charge in [0.1, 0.15) is 5.82 Å². The van der Waals surface area contributed by atoms with E-state index in [0.29, 0.717) is 10.4 Å². The molecule has 1 nitrogen and oxygen atoms in total. The predicted octanol–water partition coefficient (Wildman–Crippen LogP) is 4.28. The second-order valence-corrected chi connectivity index (χ2v) is 6.32. The minimum Gasteiger partial charge on any atom is -0.327 e. The van der Waals surface area contributed by atoms with Crippen molar-refractivity contribution in [1.29, 1.82) is 0 Å². The van der Waals surface area contributed by atoms with E-state index >= 15 is 0 Å². The van der Waals surface area contributed by atoms with Crippen LogP contribution in [0.5, 0.6) is 0 Å². The molecule has 1 saturated carbocycles. The summed E-state index contributed by atoms with van der Waals surface area (Å²) in [5.74, 6) is 1.29. The smallest absolute Gasteiger partial charge is 0.137 e. The SMILES string of the molecule is CCC1CCC(C(N)Cc2ccc(F)c(Br)c2)C1. The first-order valence-corrected chi connectivity index (χ1v) is 7.59. The first kappa shape index (κ1) is 14.0. The van der Waals surface area contributed by atoms with Gasteiger partial charge in [-0.1, -0.05) is 25.8 Å². The van der Waals surface area contributed by atoms with Crippen molar-refractivity contribution >= 4 is 15.9 Å². The van der Waals surface area contributed by atoms with Gasteiger partial charge in [-0.3, -0.25) is 0 Å². The van der Waals surface area contributed by atoms with Crippen molar-refractivity contribution in [2.24, 2.45) is 17.6 Å². The number of hydrogen-bond acceptors (Lipinski definition) is 1. The molecular formula is C15H21BrFN. The van der Waals surface area contributed by atoms with Gasteiger partial charge in [-0.25, -0.2) is 4.39 Å². The summed E-state index contributed by atoms with van der Waals surface area (Å²) in [5.41, 5.74) is 7.43. The van der Waals surface area contributed by atoms with Gasteiger partial charge in [-0.05, 0) is 64.7 Å².